The minimum Gasteiger partial charge on any atom is -0.297 e. The Kier molecular flexibility index (Phi) is 6.44. The molecule has 1 aromatic heterocycles. The lowest BCUT2D eigenvalue weighted by atomic mass is 9.97. The Morgan fingerprint density at radius 2 is 1.95 bits per heavy atom. The van der Waals surface area contributed by atoms with E-state index in [1.54, 1.807) is 11.8 Å². The Balaban J connectivity index is 2.43. The van der Waals surface area contributed by atoms with Crippen LogP contribution in [0.4, 0.5) is 0 Å². The van der Waals surface area contributed by atoms with Crippen LogP contribution in [0.5, 0.6) is 0 Å². The number of hydrogen-bond donors (Lipinski definition) is 1. The topological polar surface area (TPSA) is 61.6 Å². The first kappa shape index (κ1) is 16.9. The van der Waals surface area contributed by atoms with Gasteiger partial charge in [-0.25, -0.2) is 9.97 Å². The van der Waals surface area contributed by atoms with Crippen LogP contribution in [0, 0.1) is 25.2 Å². The summed E-state index contributed by atoms with van der Waals surface area (Å²) in [5.74, 6) is 0.930. The van der Waals surface area contributed by atoms with Gasteiger partial charge in [-0.15, -0.1) is 0 Å². The van der Waals surface area contributed by atoms with Gasteiger partial charge in [0.15, 0.2) is 5.16 Å². The summed E-state index contributed by atoms with van der Waals surface area (Å²) in [6, 6.07) is 4.67. The highest BCUT2D eigenvalue weighted by molar-refractivity contribution is 7.99. The third-order valence-electron chi connectivity index (χ3n) is 2.87. The molecule has 0 saturated carbocycles. The average molecular weight is 292 g/mol. The average Bonchev–Trinajstić information content (AvgIpc) is 2.33. The van der Waals surface area contributed by atoms with E-state index in [-0.39, 0.29) is 0 Å². The van der Waals surface area contributed by atoms with Crippen molar-refractivity contribution in [3.8, 4) is 6.07 Å². The molecule has 4 nitrogen and oxygen atoms in total. The Labute approximate surface area is 126 Å². The van der Waals surface area contributed by atoms with Gasteiger partial charge in [-0.1, -0.05) is 11.8 Å². The summed E-state index contributed by atoms with van der Waals surface area (Å²) in [6.07, 6.45) is 1.80. The number of nitrogens with one attached hydrogen (secondary N) is 1. The SMILES string of the molecule is Cc1cc(C)nc(SCCCC(C)(C#N)NC(C)C)n1. The highest BCUT2D eigenvalue weighted by atomic mass is 32.2. The largest absolute Gasteiger partial charge is 0.297 e. The fourth-order valence-electron chi connectivity index (χ4n) is 2.14. The molecule has 110 valence electrons. The fourth-order valence-corrected chi connectivity index (χ4v) is 3.03. The van der Waals surface area contributed by atoms with Gasteiger partial charge in [0.2, 0.25) is 0 Å². The minimum atomic E-state index is -0.446. The lowest BCUT2D eigenvalue weighted by Crippen LogP contribution is -2.44. The third kappa shape index (κ3) is 5.89. The Bertz CT molecular complexity index is 461. The van der Waals surface area contributed by atoms with Gasteiger partial charge in [0.05, 0.1) is 6.07 Å². The standard InChI is InChI=1S/C15H24N4S/c1-11(2)19-15(5,10-16)7-6-8-20-14-17-12(3)9-13(4)18-14/h9,11,19H,6-8H2,1-5H3. The molecule has 0 radical (unpaired) electrons. The monoisotopic (exact) mass is 292 g/mol. The number of hydrogen-bond acceptors (Lipinski definition) is 5. The van der Waals surface area contributed by atoms with E-state index in [1.807, 2.05) is 26.8 Å². The van der Waals surface area contributed by atoms with Crippen molar-refractivity contribution in [2.45, 2.75) is 64.2 Å². The van der Waals surface area contributed by atoms with Gasteiger partial charge in [-0.3, -0.25) is 5.32 Å². The quantitative estimate of drug-likeness (QED) is 0.475. The van der Waals surface area contributed by atoms with Gasteiger partial charge in [0.25, 0.3) is 0 Å². The van der Waals surface area contributed by atoms with Crippen molar-refractivity contribution in [1.29, 1.82) is 5.26 Å². The van der Waals surface area contributed by atoms with Gasteiger partial charge in [0, 0.05) is 23.2 Å². The number of nitrogens with zero attached hydrogens (tertiary/aromatic N) is 3. The number of thioether (sulfide) groups is 1. The molecular formula is C15H24N4S. The summed E-state index contributed by atoms with van der Waals surface area (Å²) >= 11 is 1.66. The fraction of sp³-hybridized carbons (Fsp3) is 0.667. The molecule has 1 rings (SSSR count). The van der Waals surface area contributed by atoms with E-state index < -0.39 is 5.54 Å². The summed E-state index contributed by atoms with van der Waals surface area (Å²) in [4.78, 5) is 8.82. The van der Waals surface area contributed by atoms with E-state index in [9.17, 15) is 5.26 Å². The Morgan fingerprint density at radius 3 is 2.45 bits per heavy atom. The lowest BCUT2D eigenvalue weighted by molar-refractivity contribution is 0.380. The van der Waals surface area contributed by atoms with Crippen molar-refractivity contribution in [2.24, 2.45) is 0 Å². The first-order valence-electron chi connectivity index (χ1n) is 6.99. The van der Waals surface area contributed by atoms with Crippen LogP contribution in [-0.2, 0) is 0 Å². The zero-order chi connectivity index (χ0) is 15.2. The highest BCUT2D eigenvalue weighted by Crippen LogP contribution is 2.19. The second-order valence-corrected chi connectivity index (χ2v) is 6.69. The number of aryl methyl sites for hydroxylation is 2. The van der Waals surface area contributed by atoms with Crippen LogP contribution in [0.1, 0.15) is 45.0 Å². The summed E-state index contributed by atoms with van der Waals surface area (Å²) in [5, 5.41) is 13.4. The molecule has 1 heterocycles. The van der Waals surface area contributed by atoms with Crippen molar-refractivity contribution in [2.75, 3.05) is 5.75 Å². The molecule has 5 heteroatoms. The van der Waals surface area contributed by atoms with Crippen LogP contribution in [0.15, 0.2) is 11.2 Å². The van der Waals surface area contributed by atoms with Crippen molar-refractivity contribution in [3.63, 3.8) is 0 Å². The van der Waals surface area contributed by atoms with Gasteiger partial charge >= 0.3 is 0 Å². The van der Waals surface area contributed by atoms with Gasteiger partial charge in [-0.05, 0) is 53.5 Å². The number of rotatable bonds is 7. The molecule has 0 aliphatic heterocycles. The maximum atomic E-state index is 9.28. The molecule has 0 amide bonds. The molecule has 1 unspecified atom stereocenters. The molecule has 0 fully saturated rings. The molecule has 1 atom stereocenters. The molecule has 20 heavy (non-hydrogen) atoms. The summed E-state index contributed by atoms with van der Waals surface area (Å²) in [5.41, 5.74) is 1.56. The molecular weight excluding hydrogens is 268 g/mol. The zero-order valence-electron chi connectivity index (χ0n) is 13.0. The molecule has 0 aromatic carbocycles. The van der Waals surface area contributed by atoms with E-state index in [2.05, 4.69) is 35.2 Å². The maximum Gasteiger partial charge on any atom is 0.187 e. The Hall–Kier alpha value is -1.12. The van der Waals surface area contributed by atoms with E-state index >= 15 is 0 Å². The zero-order valence-corrected chi connectivity index (χ0v) is 13.8. The van der Waals surface area contributed by atoms with Crippen LogP contribution >= 0.6 is 11.8 Å². The maximum absolute atomic E-state index is 9.28. The predicted octanol–water partition coefficient (Wildman–Crippen LogP) is 3.25. The van der Waals surface area contributed by atoms with E-state index in [0.29, 0.717) is 6.04 Å². The molecule has 1 aromatic rings. The summed E-state index contributed by atoms with van der Waals surface area (Å²) in [6.45, 7) is 10.1. The van der Waals surface area contributed by atoms with Crippen molar-refractivity contribution < 1.29 is 0 Å². The van der Waals surface area contributed by atoms with E-state index in [1.165, 1.54) is 0 Å². The van der Waals surface area contributed by atoms with Crippen LogP contribution in [0.25, 0.3) is 0 Å². The van der Waals surface area contributed by atoms with Crippen LogP contribution in [0.3, 0.4) is 0 Å². The van der Waals surface area contributed by atoms with Crippen LogP contribution in [-0.4, -0.2) is 27.3 Å². The number of aromatic nitrogens is 2. The number of nitriles is 1. The normalized spacial score (nSPS) is 14.1. The van der Waals surface area contributed by atoms with Gasteiger partial charge in [0.1, 0.15) is 5.54 Å². The second kappa shape index (κ2) is 7.61. The van der Waals surface area contributed by atoms with Crippen molar-refractivity contribution in [1.82, 2.24) is 15.3 Å². The molecule has 1 N–H and O–H groups in total. The van der Waals surface area contributed by atoms with E-state index in [4.69, 9.17) is 0 Å². The minimum absolute atomic E-state index is 0.315. The predicted molar refractivity (Wildman–Crippen MR) is 83.8 cm³/mol. The second-order valence-electron chi connectivity index (χ2n) is 5.63. The molecule has 0 saturated heterocycles. The third-order valence-corrected chi connectivity index (χ3v) is 3.80. The smallest absolute Gasteiger partial charge is 0.187 e. The summed E-state index contributed by atoms with van der Waals surface area (Å²) in [7, 11) is 0. The molecule has 0 aliphatic rings. The van der Waals surface area contributed by atoms with Crippen LogP contribution in [0.2, 0.25) is 0 Å². The first-order valence-corrected chi connectivity index (χ1v) is 7.97. The Morgan fingerprint density at radius 1 is 1.35 bits per heavy atom. The first-order chi connectivity index (χ1) is 9.34. The van der Waals surface area contributed by atoms with Crippen molar-refractivity contribution in [3.05, 3.63) is 17.5 Å². The molecule has 0 aliphatic carbocycles. The molecule has 0 spiro atoms. The summed E-state index contributed by atoms with van der Waals surface area (Å²) < 4.78 is 0. The van der Waals surface area contributed by atoms with Gasteiger partial charge in [-0.2, -0.15) is 5.26 Å². The van der Waals surface area contributed by atoms with E-state index in [0.717, 1.165) is 35.1 Å². The van der Waals surface area contributed by atoms with Gasteiger partial charge < -0.3 is 0 Å². The van der Waals surface area contributed by atoms with Crippen molar-refractivity contribution >= 4 is 11.8 Å². The lowest BCUT2D eigenvalue weighted by Gasteiger charge is -2.25. The van der Waals surface area contributed by atoms with Crippen LogP contribution < -0.4 is 5.32 Å². The molecule has 0 bridgehead atoms. The highest BCUT2D eigenvalue weighted by Gasteiger charge is 2.23.